The van der Waals surface area contributed by atoms with Crippen LogP contribution >= 0.6 is 0 Å². The van der Waals surface area contributed by atoms with Gasteiger partial charge in [0.1, 0.15) is 12.3 Å². The largest absolute Gasteiger partial charge is 0.449 e. The fourth-order valence-corrected chi connectivity index (χ4v) is 2.69. The zero-order valence-electron chi connectivity index (χ0n) is 19.9. The summed E-state index contributed by atoms with van der Waals surface area (Å²) in [6, 6.07) is -4.82. The highest BCUT2D eigenvalue weighted by Crippen LogP contribution is 2.10. The third kappa shape index (κ3) is 10.6. The number of nitrogens with one attached hydrogen (secondary N) is 3. The van der Waals surface area contributed by atoms with Gasteiger partial charge in [0.25, 0.3) is 0 Å². The van der Waals surface area contributed by atoms with E-state index in [-0.39, 0.29) is 32.0 Å². The second kappa shape index (κ2) is 15.6. The monoisotopic (exact) mass is 488 g/mol. The lowest BCUT2D eigenvalue weighted by Crippen LogP contribution is -2.58. The Morgan fingerprint density at radius 1 is 1.09 bits per heavy atom. The highest BCUT2D eigenvalue weighted by molar-refractivity contribution is 5.99. The SMILES string of the molecule is CCOC(=O)N(C(=O)OCC(C)C)[C@@H](CO)C(=O)N[C@@H](C)C(=O)C(CC[C@H](N)C=O)NC(=N)N. The number of aliphatic hydroxyl groups is 1. The van der Waals surface area contributed by atoms with E-state index in [2.05, 4.69) is 10.6 Å². The number of nitrogens with two attached hydrogens (primary N) is 2. The average Bonchev–Trinajstić information content (AvgIpc) is 2.77. The first-order valence-corrected chi connectivity index (χ1v) is 10.8. The Hall–Kier alpha value is -3.26. The third-order valence-corrected chi connectivity index (χ3v) is 4.41. The molecule has 0 fully saturated rings. The summed E-state index contributed by atoms with van der Waals surface area (Å²) < 4.78 is 9.81. The van der Waals surface area contributed by atoms with Crippen molar-refractivity contribution in [3.8, 4) is 0 Å². The molecule has 3 amide bonds. The number of guanidine groups is 1. The standard InChI is InChI=1S/C20H36N6O8/c1-5-33-19(31)26(20(32)34-10-11(2)3)15(9-28)17(30)24-12(4)16(29)14(25-18(22)23)7-6-13(21)8-27/h8,11-15,28H,5-7,9-10,21H2,1-4H3,(H,24,30)(H4,22,23,25)/t12-,13-,14?,15-/m0/s1. The van der Waals surface area contributed by atoms with Gasteiger partial charge in [0.05, 0.1) is 37.9 Å². The first kappa shape index (κ1) is 30.7. The quantitative estimate of drug-likeness (QED) is 0.0969. The van der Waals surface area contributed by atoms with Crippen LogP contribution in [0.4, 0.5) is 9.59 Å². The number of hydrogen-bond donors (Lipinski definition) is 6. The molecule has 0 rings (SSSR count). The van der Waals surface area contributed by atoms with Crippen LogP contribution in [0.15, 0.2) is 0 Å². The number of hydrogen-bond acceptors (Lipinski definition) is 10. The van der Waals surface area contributed by atoms with Crippen molar-refractivity contribution in [3.05, 3.63) is 0 Å². The van der Waals surface area contributed by atoms with E-state index in [1.165, 1.54) is 13.8 Å². The summed E-state index contributed by atoms with van der Waals surface area (Å²) in [5, 5.41) is 21.9. The molecule has 0 aromatic rings. The lowest BCUT2D eigenvalue weighted by molar-refractivity contribution is -0.131. The molecule has 14 nitrogen and oxygen atoms in total. The second-order valence-electron chi connectivity index (χ2n) is 7.86. The molecule has 0 saturated carbocycles. The van der Waals surface area contributed by atoms with Crippen LogP contribution < -0.4 is 22.1 Å². The molecule has 0 aliphatic rings. The topological polar surface area (TPSA) is 227 Å². The van der Waals surface area contributed by atoms with E-state index < -0.39 is 60.6 Å². The summed E-state index contributed by atoms with van der Waals surface area (Å²) in [6.45, 7) is 5.22. The molecule has 0 aliphatic carbocycles. The number of nitrogens with zero attached hydrogens (tertiary/aromatic N) is 1. The average molecular weight is 489 g/mol. The first-order valence-electron chi connectivity index (χ1n) is 10.8. The zero-order chi connectivity index (χ0) is 26.4. The molecule has 8 N–H and O–H groups in total. The van der Waals surface area contributed by atoms with Gasteiger partial charge in [0.15, 0.2) is 11.7 Å². The summed E-state index contributed by atoms with van der Waals surface area (Å²) in [5.41, 5.74) is 10.9. The molecule has 0 saturated heterocycles. The number of carbonyl (C=O) groups excluding carboxylic acids is 5. The molecule has 0 heterocycles. The second-order valence-corrected chi connectivity index (χ2v) is 7.86. The molecule has 0 radical (unpaired) electrons. The molecule has 194 valence electrons. The number of carbonyl (C=O) groups is 5. The van der Waals surface area contributed by atoms with Crippen molar-refractivity contribution in [2.24, 2.45) is 17.4 Å². The minimum Gasteiger partial charge on any atom is -0.449 e. The van der Waals surface area contributed by atoms with Crippen molar-refractivity contribution < 1.29 is 38.6 Å². The van der Waals surface area contributed by atoms with Gasteiger partial charge in [-0.1, -0.05) is 13.8 Å². The summed E-state index contributed by atoms with van der Waals surface area (Å²) in [7, 11) is 0. The maximum atomic E-state index is 12.8. The Morgan fingerprint density at radius 2 is 1.68 bits per heavy atom. The van der Waals surface area contributed by atoms with Crippen LogP contribution in [-0.4, -0.2) is 90.1 Å². The van der Waals surface area contributed by atoms with Gasteiger partial charge in [-0.25, -0.2) is 9.59 Å². The number of Topliss-reactive ketones (excluding diaryl/α,β-unsaturated/α-hetero) is 1. The molecule has 34 heavy (non-hydrogen) atoms. The lowest BCUT2D eigenvalue weighted by atomic mass is 9.99. The Kier molecular flexibility index (Phi) is 14.1. The number of imide groups is 1. The van der Waals surface area contributed by atoms with Gasteiger partial charge >= 0.3 is 12.2 Å². The fraction of sp³-hybridized carbons (Fsp3) is 0.700. The third-order valence-electron chi connectivity index (χ3n) is 4.41. The van der Waals surface area contributed by atoms with Crippen LogP contribution in [-0.2, 0) is 23.9 Å². The van der Waals surface area contributed by atoms with Crippen LogP contribution in [0, 0.1) is 11.3 Å². The van der Waals surface area contributed by atoms with Crippen molar-refractivity contribution >= 4 is 36.1 Å². The number of rotatable bonds is 14. The molecular weight excluding hydrogens is 452 g/mol. The molecule has 14 heteroatoms. The summed E-state index contributed by atoms with van der Waals surface area (Å²) in [4.78, 5) is 61.5. The Morgan fingerprint density at radius 3 is 2.15 bits per heavy atom. The van der Waals surface area contributed by atoms with Crippen LogP contribution in [0.1, 0.15) is 40.5 Å². The van der Waals surface area contributed by atoms with E-state index in [0.717, 1.165) is 0 Å². The molecule has 0 spiro atoms. The van der Waals surface area contributed by atoms with Crippen molar-refractivity contribution in [2.45, 2.75) is 64.7 Å². The predicted octanol–water partition coefficient (Wildman–Crippen LogP) is -1.17. The maximum absolute atomic E-state index is 12.8. The lowest BCUT2D eigenvalue weighted by Gasteiger charge is -2.28. The van der Waals surface area contributed by atoms with E-state index >= 15 is 0 Å². The number of aliphatic hydroxyl groups excluding tert-OH is 1. The van der Waals surface area contributed by atoms with E-state index in [9.17, 15) is 29.1 Å². The van der Waals surface area contributed by atoms with Gasteiger partial charge in [0, 0.05) is 0 Å². The van der Waals surface area contributed by atoms with Gasteiger partial charge in [-0.2, -0.15) is 4.90 Å². The van der Waals surface area contributed by atoms with Crippen LogP contribution in [0.25, 0.3) is 0 Å². The van der Waals surface area contributed by atoms with Crippen molar-refractivity contribution in [1.29, 1.82) is 5.41 Å². The van der Waals surface area contributed by atoms with Gasteiger partial charge in [-0.15, -0.1) is 0 Å². The fourth-order valence-electron chi connectivity index (χ4n) is 2.69. The molecule has 0 aliphatic heterocycles. The van der Waals surface area contributed by atoms with Crippen LogP contribution in [0.2, 0.25) is 0 Å². The first-order chi connectivity index (χ1) is 15.9. The molecule has 0 aromatic heterocycles. The van der Waals surface area contributed by atoms with Crippen molar-refractivity contribution in [2.75, 3.05) is 19.8 Å². The summed E-state index contributed by atoms with van der Waals surface area (Å²) >= 11 is 0. The van der Waals surface area contributed by atoms with E-state index in [1.807, 2.05) is 0 Å². The molecule has 4 atom stereocenters. The molecule has 0 aromatic carbocycles. The van der Waals surface area contributed by atoms with Crippen LogP contribution in [0.3, 0.4) is 0 Å². The number of ether oxygens (including phenoxy) is 2. The minimum absolute atomic E-state index is 0.0401. The van der Waals surface area contributed by atoms with Crippen molar-refractivity contribution in [1.82, 2.24) is 15.5 Å². The van der Waals surface area contributed by atoms with Gasteiger partial charge in [0.2, 0.25) is 5.91 Å². The number of ketones is 1. The predicted molar refractivity (Wildman–Crippen MR) is 121 cm³/mol. The normalized spacial score (nSPS) is 14.2. The van der Waals surface area contributed by atoms with Gasteiger partial charge in [-0.3, -0.25) is 15.0 Å². The van der Waals surface area contributed by atoms with E-state index in [0.29, 0.717) is 11.2 Å². The minimum atomic E-state index is -1.74. The van der Waals surface area contributed by atoms with Crippen LogP contribution in [0.5, 0.6) is 0 Å². The highest BCUT2D eigenvalue weighted by atomic mass is 16.6. The molecule has 0 bridgehead atoms. The highest BCUT2D eigenvalue weighted by Gasteiger charge is 2.38. The zero-order valence-corrected chi connectivity index (χ0v) is 19.9. The Balaban J connectivity index is 5.57. The maximum Gasteiger partial charge on any atom is 0.420 e. The Bertz CT molecular complexity index is 732. The number of amides is 3. The van der Waals surface area contributed by atoms with E-state index in [1.54, 1.807) is 13.8 Å². The van der Waals surface area contributed by atoms with E-state index in [4.69, 9.17) is 26.4 Å². The Labute approximate surface area is 198 Å². The van der Waals surface area contributed by atoms with Gasteiger partial charge < -0.3 is 41.5 Å². The molecule has 1 unspecified atom stereocenters. The molecular formula is C20H36N6O8. The van der Waals surface area contributed by atoms with Gasteiger partial charge in [-0.05, 0) is 32.6 Å². The summed E-state index contributed by atoms with van der Waals surface area (Å²) in [5.74, 6) is -2.20. The smallest absolute Gasteiger partial charge is 0.420 e. The number of aldehydes is 1. The summed E-state index contributed by atoms with van der Waals surface area (Å²) in [6.07, 6.45) is -1.74. The van der Waals surface area contributed by atoms with Crippen molar-refractivity contribution in [3.63, 3.8) is 0 Å².